The van der Waals surface area contributed by atoms with Crippen LogP contribution in [0.2, 0.25) is 0 Å². The van der Waals surface area contributed by atoms with Crippen LogP contribution < -0.4 is 11.1 Å². The summed E-state index contributed by atoms with van der Waals surface area (Å²) in [6.07, 6.45) is 3.39. The summed E-state index contributed by atoms with van der Waals surface area (Å²) in [5, 5.41) is 2.81. The molecular weight excluding hydrogens is 308 g/mol. The first kappa shape index (κ1) is 14.5. The number of rotatable bonds is 5. The van der Waals surface area contributed by atoms with E-state index < -0.39 is 0 Å². The van der Waals surface area contributed by atoms with Crippen LogP contribution in [0.4, 0.5) is 5.69 Å². The van der Waals surface area contributed by atoms with Gasteiger partial charge in [0, 0.05) is 10.2 Å². The molecule has 104 valence electrons. The van der Waals surface area contributed by atoms with Crippen LogP contribution in [0.25, 0.3) is 0 Å². The van der Waals surface area contributed by atoms with Crippen LogP contribution in [0.15, 0.2) is 28.7 Å². The van der Waals surface area contributed by atoms with Gasteiger partial charge in [-0.25, -0.2) is 0 Å². The second kappa shape index (κ2) is 7.03. The van der Waals surface area contributed by atoms with Crippen LogP contribution in [0.5, 0.6) is 0 Å². The highest BCUT2D eigenvalue weighted by Gasteiger charge is 2.27. The van der Waals surface area contributed by atoms with Gasteiger partial charge >= 0.3 is 0 Å². The molecule has 1 saturated carbocycles. The van der Waals surface area contributed by atoms with Crippen LogP contribution in [-0.4, -0.2) is 25.2 Å². The highest BCUT2D eigenvalue weighted by molar-refractivity contribution is 9.10. The van der Waals surface area contributed by atoms with Crippen LogP contribution in [-0.2, 0) is 9.53 Å². The lowest BCUT2D eigenvalue weighted by Crippen LogP contribution is -2.29. The Morgan fingerprint density at radius 3 is 3.05 bits per heavy atom. The van der Waals surface area contributed by atoms with Crippen molar-refractivity contribution in [2.45, 2.75) is 25.4 Å². The smallest absolute Gasteiger partial charge is 0.250 e. The van der Waals surface area contributed by atoms with Crippen molar-refractivity contribution in [2.24, 2.45) is 11.7 Å². The second-order valence-electron chi connectivity index (χ2n) is 4.83. The maximum absolute atomic E-state index is 11.8. The van der Waals surface area contributed by atoms with Crippen molar-refractivity contribution in [3.05, 3.63) is 28.7 Å². The number of ether oxygens (including phenoxy) is 1. The lowest BCUT2D eigenvalue weighted by Gasteiger charge is -2.18. The molecule has 0 bridgehead atoms. The molecule has 0 heterocycles. The summed E-state index contributed by atoms with van der Waals surface area (Å²) in [7, 11) is 0. The first-order chi connectivity index (χ1) is 9.19. The van der Waals surface area contributed by atoms with Crippen LogP contribution in [0, 0.1) is 5.92 Å². The van der Waals surface area contributed by atoms with E-state index in [0.29, 0.717) is 12.5 Å². The van der Waals surface area contributed by atoms with E-state index in [2.05, 4.69) is 21.2 Å². The lowest BCUT2D eigenvalue weighted by molar-refractivity contribution is -0.123. The first-order valence-corrected chi connectivity index (χ1v) is 7.35. The third kappa shape index (κ3) is 4.30. The number of halogens is 1. The van der Waals surface area contributed by atoms with Crippen molar-refractivity contribution in [3.8, 4) is 0 Å². The molecule has 19 heavy (non-hydrogen) atoms. The molecule has 0 aliphatic heterocycles. The first-order valence-electron chi connectivity index (χ1n) is 6.56. The standard InChI is InChI=1S/C14H19BrN2O2/c15-11-4-2-5-12(7-11)17-14(18)9-19-13-6-1-3-10(13)8-16/h2,4-5,7,10,13H,1,3,6,8-9,16H2,(H,17,18). The molecule has 3 N–H and O–H groups in total. The topological polar surface area (TPSA) is 64.3 Å². The summed E-state index contributed by atoms with van der Waals surface area (Å²) >= 11 is 3.37. The summed E-state index contributed by atoms with van der Waals surface area (Å²) in [5.41, 5.74) is 6.45. The lowest BCUT2D eigenvalue weighted by atomic mass is 10.1. The highest BCUT2D eigenvalue weighted by Crippen LogP contribution is 2.27. The van der Waals surface area contributed by atoms with E-state index in [1.807, 2.05) is 24.3 Å². The van der Waals surface area contributed by atoms with Crippen LogP contribution >= 0.6 is 15.9 Å². The van der Waals surface area contributed by atoms with Crippen molar-refractivity contribution in [3.63, 3.8) is 0 Å². The molecule has 0 radical (unpaired) electrons. The quantitative estimate of drug-likeness (QED) is 0.873. The largest absolute Gasteiger partial charge is 0.368 e. The van der Waals surface area contributed by atoms with Gasteiger partial charge in [0.15, 0.2) is 0 Å². The Labute approximate surface area is 121 Å². The molecule has 2 atom stereocenters. The Morgan fingerprint density at radius 2 is 2.32 bits per heavy atom. The summed E-state index contributed by atoms with van der Waals surface area (Å²) < 4.78 is 6.60. The molecule has 0 aromatic heterocycles. The van der Waals surface area contributed by atoms with Gasteiger partial charge in [0.05, 0.1) is 6.10 Å². The predicted octanol–water partition coefficient (Wildman–Crippen LogP) is 2.53. The molecule has 4 nitrogen and oxygen atoms in total. The van der Waals surface area contributed by atoms with Crippen molar-refractivity contribution in [2.75, 3.05) is 18.5 Å². The van der Waals surface area contributed by atoms with E-state index in [1.165, 1.54) is 0 Å². The Kier molecular flexibility index (Phi) is 5.36. The Morgan fingerprint density at radius 1 is 1.47 bits per heavy atom. The summed E-state index contributed by atoms with van der Waals surface area (Å²) in [5.74, 6) is 0.277. The second-order valence-corrected chi connectivity index (χ2v) is 5.75. The van der Waals surface area contributed by atoms with Gasteiger partial charge in [0.1, 0.15) is 6.61 Å². The zero-order chi connectivity index (χ0) is 13.7. The normalized spacial score (nSPS) is 22.4. The van der Waals surface area contributed by atoms with Gasteiger partial charge in [0.25, 0.3) is 0 Å². The molecule has 1 aromatic rings. The number of nitrogens with one attached hydrogen (secondary N) is 1. The minimum absolute atomic E-state index is 0.0910. The van der Waals surface area contributed by atoms with Gasteiger partial charge in [-0.3, -0.25) is 4.79 Å². The van der Waals surface area contributed by atoms with Crippen molar-refractivity contribution in [1.82, 2.24) is 0 Å². The van der Waals surface area contributed by atoms with Gasteiger partial charge in [-0.1, -0.05) is 28.4 Å². The molecule has 2 unspecified atom stereocenters. The summed E-state index contributed by atoms with van der Waals surface area (Å²) in [6, 6.07) is 7.50. The third-order valence-corrected chi connectivity index (χ3v) is 3.92. The molecular formula is C14H19BrN2O2. The zero-order valence-corrected chi connectivity index (χ0v) is 12.4. The van der Waals surface area contributed by atoms with E-state index in [0.717, 1.165) is 29.4 Å². The average Bonchev–Trinajstić information content (AvgIpc) is 2.83. The fourth-order valence-electron chi connectivity index (χ4n) is 2.44. The van der Waals surface area contributed by atoms with Gasteiger partial charge < -0.3 is 15.8 Å². The molecule has 1 aliphatic rings. The average molecular weight is 327 g/mol. The molecule has 1 aromatic carbocycles. The number of hydrogen-bond donors (Lipinski definition) is 2. The van der Waals surface area contributed by atoms with Gasteiger partial charge in [-0.2, -0.15) is 0 Å². The van der Waals surface area contributed by atoms with E-state index in [9.17, 15) is 4.79 Å². The maximum Gasteiger partial charge on any atom is 0.250 e. The minimum atomic E-state index is -0.124. The molecule has 0 spiro atoms. The molecule has 1 amide bonds. The van der Waals surface area contributed by atoms with E-state index in [4.69, 9.17) is 10.5 Å². The monoisotopic (exact) mass is 326 g/mol. The molecule has 2 rings (SSSR count). The Hall–Kier alpha value is -0.910. The number of amides is 1. The van der Waals surface area contributed by atoms with E-state index in [-0.39, 0.29) is 18.6 Å². The Bertz CT molecular complexity index is 439. The SMILES string of the molecule is NCC1CCCC1OCC(=O)Nc1cccc(Br)c1. The number of anilines is 1. The molecule has 5 heteroatoms. The number of carbonyl (C=O) groups excluding carboxylic acids is 1. The number of hydrogen-bond acceptors (Lipinski definition) is 3. The Balaban J connectivity index is 1.78. The van der Waals surface area contributed by atoms with Gasteiger partial charge in [-0.15, -0.1) is 0 Å². The predicted molar refractivity (Wildman–Crippen MR) is 78.9 cm³/mol. The van der Waals surface area contributed by atoms with Crippen molar-refractivity contribution >= 4 is 27.5 Å². The fourth-order valence-corrected chi connectivity index (χ4v) is 2.84. The van der Waals surface area contributed by atoms with Crippen LogP contribution in [0.1, 0.15) is 19.3 Å². The molecule has 0 saturated heterocycles. The van der Waals surface area contributed by atoms with Crippen LogP contribution in [0.3, 0.4) is 0 Å². The summed E-state index contributed by atoms with van der Waals surface area (Å²) in [6.45, 7) is 0.728. The van der Waals surface area contributed by atoms with Crippen molar-refractivity contribution < 1.29 is 9.53 Å². The zero-order valence-electron chi connectivity index (χ0n) is 10.8. The molecule has 1 aliphatic carbocycles. The third-order valence-electron chi connectivity index (χ3n) is 3.43. The fraction of sp³-hybridized carbons (Fsp3) is 0.500. The maximum atomic E-state index is 11.8. The molecule has 1 fully saturated rings. The minimum Gasteiger partial charge on any atom is -0.368 e. The van der Waals surface area contributed by atoms with Crippen molar-refractivity contribution in [1.29, 1.82) is 0 Å². The number of carbonyl (C=O) groups is 1. The van der Waals surface area contributed by atoms with E-state index >= 15 is 0 Å². The van der Waals surface area contributed by atoms with Gasteiger partial charge in [-0.05, 0) is 43.5 Å². The van der Waals surface area contributed by atoms with Gasteiger partial charge in [0.2, 0.25) is 5.91 Å². The number of nitrogens with two attached hydrogens (primary N) is 1. The van der Waals surface area contributed by atoms with E-state index in [1.54, 1.807) is 0 Å². The summed E-state index contributed by atoms with van der Waals surface area (Å²) in [4.78, 5) is 11.8. The highest BCUT2D eigenvalue weighted by atomic mass is 79.9. The number of benzene rings is 1.